The average Bonchev–Trinajstić information content (AvgIpc) is 2.69. The van der Waals surface area contributed by atoms with Gasteiger partial charge in [-0.3, -0.25) is 4.68 Å². The Labute approximate surface area is 84.9 Å². The highest BCUT2D eigenvalue weighted by atomic mass is 15.3. The zero-order chi connectivity index (χ0) is 9.80. The summed E-state index contributed by atoms with van der Waals surface area (Å²) in [5.41, 5.74) is 0. The Balaban J connectivity index is 1.79. The number of nitrogens with zero attached hydrogens (tertiary/aromatic N) is 3. The van der Waals surface area contributed by atoms with E-state index in [0.717, 1.165) is 26.2 Å². The van der Waals surface area contributed by atoms with Crippen molar-refractivity contribution < 1.29 is 0 Å². The number of hydrogen-bond donors (Lipinski definition) is 1. The van der Waals surface area contributed by atoms with Gasteiger partial charge in [-0.15, -0.1) is 0 Å². The summed E-state index contributed by atoms with van der Waals surface area (Å²) in [6, 6.07) is 2.64. The summed E-state index contributed by atoms with van der Waals surface area (Å²) in [6.45, 7) is 4.40. The predicted octanol–water partition coefficient (Wildman–Crippen LogP) is 0.177. The molecule has 0 saturated carbocycles. The fourth-order valence-corrected chi connectivity index (χ4v) is 1.90. The number of hydrogen-bond acceptors (Lipinski definition) is 3. The second-order valence-corrected chi connectivity index (χ2v) is 3.90. The molecule has 0 aromatic carbocycles. The van der Waals surface area contributed by atoms with E-state index in [1.165, 1.54) is 6.42 Å². The molecular formula is C10H18N4. The molecule has 78 valence electrons. The minimum absolute atomic E-state index is 0.660. The highest BCUT2D eigenvalue weighted by Crippen LogP contribution is 2.05. The van der Waals surface area contributed by atoms with Crippen LogP contribution in [0.1, 0.15) is 6.42 Å². The van der Waals surface area contributed by atoms with Crippen molar-refractivity contribution in [3.63, 3.8) is 0 Å². The van der Waals surface area contributed by atoms with Gasteiger partial charge in [-0.2, -0.15) is 5.10 Å². The highest BCUT2D eigenvalue weighted by molar-refractivity contribution is 4.80. The second kappa shape index (κ2) is 4.57. The molecule has 1 aromatic rings. The van der Waals surface area contributed by atoms with Crippen molar-refractivity contribution in [1.82, 2.24) is 20.0 Å². The van der Waals surface area contributed by atoms with E-state index in [4.69, 9.17) is 0 Å². The summed E-state index contributed by atoms with van der Waals surface area (Å²) < 4.78 is 2.00. The van der Waals surface area contributed by atoms with Crippen LogP contribution in [0.3, 0.4) is 0 Å². The quantitative estimate of drug-likeness (QED) is 0.745. The molecule has 1 aromatic heterocycles. The van der Waals surface area contributed by atoms with E-state index in [1.807, 2.05) is 23.1 Å². The average molecular weight is 194 g/mol. The van der Waals surface area contributed by atoms with E-state index < -0.39 is 0 Å². The molecule has 2 rings (SSSR count). The van der Waals surface area contributed by atoms with Gasteiger partial charge >= 0.3 is 0 Å². The lowest BCUT2D eigenvalue weighted by atomic mass is 10.1. The number of likely N-dealkylation sites (N-methyl/N-ethyl adjacent to an activating group) is 1. The summed E-state index contributed by atoms with van der Waals surface area (Å²) in [5, 5.41) is 7.63. The van der Waals surface area contributed by atoms with Gasteiger partial charge in [-0.05, 0) is 19.5 Å². The van der Waals surface area contributed by atoms with Crippen LogP contribution in [-0.2, 0) is 6.54 Å². The molecule has 0 amide bonds. The molecule has 0 aliphatic carbocycles. The summed E-state index contributed by atoms with van der Waals surface area (Å²) in [5.74, 6) is 0. The predicted molar refractivity (Wildman–Crippen MR) is 56.1 cm³/mol. The van der Waals surface area contributed by atoms with E-state index in [0.29, 0.717) is 6.04 Å². The van der Waals surface area contributed by atoms with Crippen LogP contribution in [0.15, 0.2) is 18.5 Å². The maximum Gasteiger partial charge on any atom is 0.0489 e. The van der Waals surface area contributed by atoms with Gasteiger partial charge in [0.2, 0.25) is 0 Å². The van der Waals surface area contributed by atoms with Gasteiger partial charge in [-0.25, -0.2) is 0 Å². The van der Waals surface area contributed by atoms with Crippen molar-refractivity contribution in [2.75, 3.05) is 26.7 Å². The van der Waals surface area contributed by atoms with E-state index in [-0.39, 0.29) is 0 Å². The molecule has 1 saturated heterocycles. The zero-order valence-corrected chi connectivity index (χ0v) is 8.69. The Bertz CT molecular complexity index is 257. The van der Waals surface area contributed by atoms with E-state index in [2.05, 4.69) is 22.4 Å². The summed E-state index contributed by atoms with van der Waals surface area (Å²) in [6.07, 6.45) is 5.03. The molecule has 14 heavy (non-hydrogen) atoms. The van der Waals surface area contributed by atoms with E-state index in [9.17, 15) is 0 Å². The first-order valence-electron chi connectivity index (χ1n) is 5.24. The third kappa shape index (κ3) is 2.33. The first-order valence-corrected chi connectivity index (χ1v) is 5.24. The molecule has 2 heterocycles. The molecule has 4 nitrogen and oxygen atoms in total. The summed E-state index contributed by atoms with van der Waals surface area (Å²) in [7, 11) is 2.20. The monoisotopic (exact) mass is 194 g/mol. The SMILES string of the molecule is CN1CCNCC1CCn1cccn1. The first kappa shape index (κ1) is 9.68. The van der Waals surface area contributed by atoms with Gasteiger partial charge in [0.05, 0.1) is 0 Å². The Kier molecular flexibility index (Phi) is 3.16. The molecular weight excluding hydrogens is 176 g/mol. The Morgan fingerprint density at radius 2 is 2.50 bits per heavy atom. The second-order valence-electron chi connectivity index (χ2n) is 3.90. The lowest BCUT2D eigenvalue weighted by Gasteiger charge is -2.33. The van der Waals surface area contributed by atoms with Crippen LogP contribution in [0, 0.1) is 0 Å². The van der Waals surface area contributed by atoms with Crippen LogP contribution >= 0.6 is 0 Å². The van der Waals surface area contributed by atoms with Crippen LogP contribution < -0.4 is 5.32 Å². The van der Waals surface area contributed by atoms with Crippen LogP contribution in [0.5, 0.6) is 0 Å². The molecule has 1 fully saturated rings. The molecule has 1 aliphatic rings. The van der Waals surface area contributed by atoms with Crippen molar-refractivity contribution in [2.24, 2.45) is 0 Å². The van der Waals surface area contributed by atoms with Crippen molar-refractivity contribution in [1.29, 1.82) is 0 Å². The summed E-state index contributed by atoms with van der Waals surface area (Å²) >= 11 is 0. The van der Waals surface area contributed by atoms with Crippen LogP contribution in [0.4, 0.5) is 0 Å². The molecule has 0 bridgehead atoms. The number of piperazine rings is 1. The van der Waals surface area contributed by atoms with E-state index in [1.54, 1.807) is 0 Å². The Morgan fingerprint density at radius 1 is 1.57 bits per heavy atom. The lowest BCUT2D eigenvalue weighted by molar-refractivity contribution is 0.183. The van der Waals surface area contributed by atoms with Gasteiger partial charge in [-0.1, -0.05) is 0 Å². The molecule has 1 aliphatic heterocycles. The normalized spacial score (nSPS) is 23.9. The third-order valence-electron chi connectivity index (χ3n) is 2.90. The van der Waals surface area contributed by atoms with Gasteiger partial charge in [0.1, 0.15) is 0 Å². The number of rotatable bonds is 3. The van der Waals surface area contributed by atoms with Crippen molar-refractivity contribution in [3.8, 4) is 0 Å². The molecule has 0 radical (unpaired) electrons. The van der Waals surface area contributed by atoms with Gasteiger partial charge in [0.25, 0.3) is 0 Å². The minimum Gasteiger partial charge on any atom is -0.314 e. The largest absolute Gasteiger partial charge is 0.314 e. The van der Waals surface area contributed by atoms with Gasteiger partial charge < -0.3 is 10.2 Å². The molecule has 1 unspecified atom stereocenters. The number of nitrogens with one attached hydrogen (secondary N) is 1. The Morgan fingerprint density at radius 3 is 3.21 bits per heavy atom. The number of aryl methyl sites for hydroxylation is 1. The van der Waals surface area contributed by atoms with Crippen molar-refractivity contribution in [3.05, 3.63) is 18.5 Å². The topological polar surface area (TPSA) is 33.1 Å². The fourth-order valence-electron chi connectivity index (χ4n) is 1.90. The van der Waals surface area contributed by atoms with Crippen LogP contribution in [-0.4, -0.2) is 47.4 Å². The van der Waals surface area contributed by atoms with Crippen LogP contribution in [0.2, 0.25) is 0 Å². The Hall–Kier alpha value is -0.870. The van der Waals surface area contributed by atoms with Gasteiger partial charge in [0, 0.05) is 44.6 Å². The molecule has 1 N–H and O–H groups in total. The van der Waals surface area contributed by atoms with Crippen molar-refractivity contribution >= 4 is 0 Å². The van der Waals surface area contributed by atoms with Crippen molar-refractivity contribution in [2.45, 2.75) is 19.0 Å². The van der Waals surface area contributed by atoms with Crippen LogP contribution in [0.25, 0.3) is 0 Å². The zero-order valence-electron chi connectivity index (χ0n) is 8.69. The fraction of sp³-hybridized carbons (Fsp3) is 0.700. The molecule has 1 atom stereocenters. The smallest absolute Gasteiger partial charge is 0.0489 e. The minimum atomic E-state index is 0.660. The standard InChI is InChI=1S/C10H18N4/c1-13-8-5-11-9-10(13)3-7-14-6-2-4-12-14/h2,4,6,10-11H,3,5,7-9H2,1H3. The first-order chi connectivity index (χ1) is 6.86. The lowest BCUT2D eigenvalue weighted by Crippen LogP contribution is -2.49. The number of aromatic nitrogens is 2. The summed E-state index contributed by atoms with van der Waals surface area (Å²) in [4.78, 5) is 2.43. The maximum absolute atomic E-state index is 4.20. The highest BCUT2D eigenvalue weighted by Gasteiger charge is 2.17. The third-order valence-corrected chi connectivity index (χ3v) is 2.90. The maximum atomic E-state index is 4.20. The van der Waals surface area contributed by atoms with Gasteiger partial charge in [0.15, 0.2) is 0 Å². The molecule has 4 heteroatoms. The van der Waals surface area contributed by atoms with E-state index >= 15 is 0 Å². The molecule has 0 spiro atoms.